The topological polar surface area (TPSA) is 53.3 Å². The van der Waals surface area contributed by atoms with Crippen LogP contribution in [0.15, 0.2) is 71.6 Å². The third-order valence-electron chi connectivity index (χ3n) is 6.99. The molecule has 3 aromatic carbocycles. The highest BCUT2D eigenvalue weighted by Crippen LogP contribution is 2.38. The molecule has 178 valence electrons. The maximum atomic E-state index is 13.4. The van der Waals surface area contributed by atoms with Gasteiger partial charge in [-0.2, -0.15) is 5.26 Å². The van der Waals surface area contributed by atoms with Gasteiger partial charge in [-0.1, -0.05) is 24.3 Å². The highest BCUT2D eigenvalue weighted by molar-refractivity contribution is 7.98. The van der Waals surface area contributed by atoms with Crippen molar-refractivity contribution < 1.29 is 9.53 Å². The van der Waals surface area contributed by atoms with Crippen LogP contribution in [0.2, 0.25) is 0 Å². The molecule has 2 saturated heterocycles. The number of nitriles is 1. The van der Waals surface area contributed by atoms with Crippen LogP contribution < -0.4 is 4.74 Å². The first-order valence-corrected chi connectivity index (χ1v) is 13.3. The number of carbonyl (C=O) groups excluding carboxylic acids is 1. The van der Waals surface area contributed by atoms with E-state index in [0.717, 1.165) is 42.7 Å². The lowest BCUT2D eigenvalue weighted by atomic mass is 9.98. The Morgan fingerprint density at radius 1 is 1.00 bits per heavy atom. The molecule has 5 rings (SSSR count). The van der Waals surface area contributed by atoms with E-state index in [2.05, 4.69) is 55.1 Å². The van der Waals surface area contributed by atoms with Crippen LogP contribution in [0.4, 0.5) is 0 Å². The molecular weight excluding hydrogens is 452 g/mol. The predicted molar refractivity (Wildman–Crippen MR) is 140 cm³/mol. The monoisotopic (exact) mass is 482 g/mol. The number of ether oxygens (including phenoxy) is 1. The second-order valence-corrected chi connectivity index (χ2v) is 10.8. The van der Waals surface area contributed by atoms with E-state index in [9.17, 15) is 4.79 Å². The Hall–Kier alpha value is -3.23. The molecule has 2 bridgehead atoms. The van der Waals surface area contributed by atoms with Crippen LogP contribution in [0, 0.1) is 25.2 Å². The van der Waals surface area contributed by atoms with Crippen molar-refractivity contribution in [1.29, 1.82) is 5.26 Å². The van der Waals surface area contributed by atoms with E-state index in [0.29, 0.717) is 5.56 Å². The molecule has 35 heavy (non-hydrogen) atoms. The van der Waals surface area contributed by atoms with E-state index in [1.54, 1.807) is 12.1 Å². The summed E-state index contributed by atoms with van der Waals surface area (Å²) in [5.41, 5.74) is 5.17. The second-order valence-electron chi connectivity index (χ2n) is 9.76. The van der Waals surface area contributed by atoms with Crippen LogP contribution in [-0.4, -0.2) is 29.0 Å². The van der Waals surface area contributed by atoms with E-state index < -0.39 is 0 Å². The summed E-state index contributed by atoms with van der Waals surface area (Å²) in [6, 6.07) is 24.7. The Kier molecular flexibility index (Phi) is 6.83. The summed E-state index contributed by atoms with van der Waals surface area (Å²) in [5.74, 6) is 1.76. The number of aryl methyl sites for hydroxylation is 2. The van der Waals surface area contributed by atoms with Crippen LogP contribution in [-0.2, 0) is 5.75 Å². The molecule has 0 aromatic heterocycles. The van der Waals surface area contributed by atoms with E-state index in [1.807, 2.05) is 36.0 Å². The molecule has 2 aliphatic heterocycles. The highest BCUT2D eigenvalue weighted by atomic mass is 32.2. The van der Waals surface area contributed by atoms with Gasteiger partial charge in [0, 0.05) is 41.1 Å². The summed E-state index contributed by atoms with van der Waals surface area (Å²) in [5, 5.41) is 9.13. The molecule has 2 fully saturated rings. The molecule has 2 heterocycles. The van der Waals surface area contributed by atoms with Gasteiger partial charge in [0.15, 0.2) is 0 Å². The quantitative estimate of drug-likeness (QED) is 0.368. The number of benzene rings is 3. The molecule has 4 nitrogen and oxygen atoms in total. The smallest absolute Gasteiger partial charge is 0.254 e. The number of hydrogen-bond acceptors (Lipinski definition) is 4. The van der Waals surface area contributed by atoms with Crippen molar-refractivity contribution in [1.82, 2.24) is 4.90 Å². The van der Waals surface area contributed by atoms with E-state index in [1.165, 1.54) is 21.6 Å². The summed E-state index contributed by atoms with van der Waals surface area (Å²) in [6.07, 6.45) is 3.81. The molecule has 0 unspecified atom stereocenters. The van der Waals surface area contributed by atoms with Crippen molar-refractivity contribution in [2.45, 2.75) is 68.4 Å². The largest absolute Gasteiger partial charge is 0.490 e. The Balaban J connectivity index is 1.20. The third-order valence-corrected chi connectivity index (χ3v) is 8.04. The maximum Gasteiger partial charge on any atom is 0.254 e. The molecular formula is C30H30N2O2S. The van der Waals surface area contributed by atoms with Crippen LogP contribution in [0.25, 0.3) is 0 Å². The zero-order valence-electron chi connectivity index (χ0n) is 20.2. The average molecular weight is 483 g/mol. The molecule has 2 atom stereocenters. The number of amides is 1. The van der Waals surface area contributed by atoms with Crippen LogP contribution >= 0.6 is 11.8 Å². The van der Waals surface area contributed by atoms with Gasteiger partial charge < -0.3 is 9.64 Å². The Morgan fingerprint density at radius 2 is 1.69 bits per heavy atom. The Labute approximate surface area is 211 Å². The third kappa shape index (κ3) is 5.39. The fourth-order valence-corrected chi connectivity index (χ4v) is 6.53. The van der Waals surface area contributed by atoms with Crippen molar-refractivity contribution >= 4 is 17.7 Å². The van der Waals surface area contributed by atoms with Gasteiger partial charge in [-0.05, 0) is 85.8 Å². The molecule has 0 aliphatic carbocycles. The van der Waals surface area contributed by atoms with Gasteiger partial charge in [0.05, 0.1) is 11.6 Å². The van der Waals surface area contributed by atoms with Gasteiger partial charge in [0.2, 0.25) is 0 Å². The molecule has 2 aliphatic rings. The van der Waals surface area contributed by atoms with Crippen LogP contribution in [0.5, 0.6) is 5.75 Å². The van der Waals surface area contributed by atoms with Crippen molar-refractivity contribution in [3.05, 3.63) is 94.5 Å². The lowest BCUT2D eigenvalue weighted by molar-refractivity contribution is 0.0359. The number of hydrogen-bond donors (Lipinski definition) is 0. The van der Waals surface area contributed by atoms with Gasteiger partial charge in [0.25, 0.3) is 5.91 Å². The summed E-state index contributed by atoms with van der Waals surface area (Å²) in [4.78, 5) is 16.8. The number of fused-ring (bicyclic) bond motifs is 2. The zero-order chi connectivity index (χ0) is 24.4. The number of nitrogens with zero attached hydrogens (tertiary/aromatic N) is 2. The first kappa shape index (κ1) is 23.5. The van der Waals surface area contributed by atoms with Crippen molar-refractivity contribution in [3.8, 4) is 11.8 Å². The Bertz CT molecular complexity index is 1230. The van der Waals surface area contributed by atoms with E-state index >= 15 is 0 Å². The van der Waals surface area contributed by atoms with Crippen molar-refractivity contribution in [3.63, 3.8) is 0 Å². The summed E-state index contributed by atoms with van der Waals surface area (Å²) in [7, 11) is 0. The van der Waals surface area contributed by atoms with Crippen LogP contribution in [0.1, 0.15) is 58.3 Å². The summed E-state index contributed by atoms with van der Waals surface area (Å²) in [6.45, 7) is 4.26. The normalized spacial score (nSPS) is 20.9. The highest BCUT2D eigenvalue weighted by Gasteiger charge is 2.44. The average Bonchev–Trinajstić information content (AvgIpc) is 3.12. The van der Waals surface area contributed by atoms with E-state index in [-0.39, 0.29) is 24.1 Å². The molecule has 0 saturated carbocycles. The number of carbonyl (C=O) groups is 1. The lowest BCUT2D eigenvalue weighted by Crippen LogP contribution is -2.49. The molecule has 3 aromatic rings. The van der Waals surface area contributed by atoms with Gasteiger partial charge in [-0.15, -0.1) is 11.8 Å². The minimum absolute atomic E-state index is 0.0788. The molecule has 5 heteroatoms. The molecule has 0 N–H and O–H groups in total. The number of piperidine rings is 1. The number of rotatable bonds is 6. The SMILES string of the molecule is Cc1cc(C)cc(SCc2ccc(C(=O)N3[C@H]4CC[C@H]3CC(Oc3cccc(C#N)c3)C4)cc2)c1. The Morgan fingerprint density at radius 3 is 2.34 bits per heavy atom. The molecule has 0 spiro atoms. The zero-order valence-corrected chi connectivity index (χ0v) is 21.1. The van der Waals surface area contributed by atoms with Gasteiger partial charge in [-0.3, -0.25) is 4.79 Å². The van der Waals surface area contributed by atoms with Crippen molar-refractivity contribution in [2.75, 3.05) is 0 Å². The summed E-state index contributed by atoms with van der Waals surface area (Å²) < 4.78 is 6.21. The van der Waals surface area contributed by atoms with E-state index in [4.69, 9.17) is 10.00 Å². The fraction of sp³-hybridized carbons (Fsp3) is 0.333. The van der Waals surface area contributed by atoms with Gasteiger partial charge in [0.1, 0.15) is 11.9 Å². The first-order valence-electron chi connectivity index (χ1n) is 12.3. The lowest BCUT2D eigenvalue weighted by Gasteiger charge is -2.39. The second kappa shape index (κ2) is 10.2. The van der Waals surface area contributed by atoms with Gasteiger partial charge in [-0.25, -0.2) is 0 Å². The molecule has 1 amide bonds. The maximum absolute atomic E-state index is 13.4. The van der Waals surface area contributed by atoms with Crippen LogP contribution in [0.3, 0.4) is 0 Å². The summed E-state index contributed by atoms with van der Waals surface area (Å²) >= 11 is 1.83. The minimum atomic E-state index is 0.0788. The standard InChI is InChI=1S/C30H30N2O2S/c1-20-12-21(2)14-29(13-20)35-19-22-6-8-24(9-7-22)30(33)32-25-10-11-26(32)17-28(16-25)34-27-5-3-4-23(15-27)18-31/h3-9,12-15,25-26,28H,10-11,16-17,19H2,1-2H3/t25-,26-/m0/s1. The number of thioether (sulfide) groups is 1. The van der Waals surface area contributed by atoms with Crippen molar-refractivity contribution in [2.24, 2.45) is 0 Å². The fourth-order valence-electron chi connectivity index (χ4n) is 5.46. The van der Waals surface area contributed by atoms with Gasteiger partial charge >= 0.3 is 0 Å². The minimum Gasteiger partial charge on any atom is -0.490 e. The predicted octanol–water partition coefficient (Wildman–Crippen LogP) is 6.68. The first-order chi connectivity index (χ1) is 17.0. The molecule has 0 radical (unpaired) electrons.